The molecule has 3 heterocycles. The Morgan fingerprint density at radius 2 is 2.03 bits per heavy atom. The van der Waals surface area contributed by atoms with Crippen LogP contribution >= 0.6 is 0 Å². The van der Waals surface area contributed by atoms with Crippen LogP contribution in [0.1, 0.15) is 58.6 Å². The first-order chi connectivity index (χ1) is 14.4. The smallest absolute Gasteiger partial charge is 0.227 e. The van der Waals surface area contributed by atoms with Crippen LogP contribution in [0.15, 0.2) is 22.9 Å². The molecular weight excluding hydrogens is 374 g/mol. The van der Waals surface area contributed by atoms with Crippen molar-refractivity contribution in [1.29, 1.82) is 0 Å². The number of nitrogens with zero attached hydrogens (tertiary/aromatic N) is 3. The quantitative estimate of drug-likeness (QED) is 0.632. The number of amides is 1. The topological polar surface area (TPSA) is 59.2 Å². The average molecular weight is 404 g/mol. The third-order valence-electron chi connectivity index (χ3n) is 7.26. The Balaban J connectivity index is 1.42. The van der Waals surface area contributed by atoms with Gasteiger partial charge in [0.1, 0.15) is 11.4 Å². The number of aromatic nitrogens is 2. The number of hydrogen-bond donors (Lipinski definition) is 0. The first kappa shape index (κ1) is 19.3. The van der Waals surface area contributed by atoms with Crippen LogP contribution in [0.4, 0.5) is 0 Å². The molecule has 1 fully saturated rings. The molecule has 5 nitrogen and oxygen atoms in total. The van der Waals surface area contributed by atoms with E-state index in [2.05, 4.69) is 36.7 Å². The molecule has 2 aliphatic rings. The van der Waals surface area contributed by atoms with Crippen LogP contribution < -0.4 is 0 Å². The zero-order valence-electron chi connectivity index (χ0n) is 18.3. The monoisotopic (exact) mass is 403 g/mol. The second-order valence-electron chi connectivity index (χ2n) is 9.27. The van der Waals surface area contributed by atoms with Gasteiger partial charge in [0, 0.05) is 35.7 Å². The predicted octanol–water partition coefficient (Wildman–Crippen LogP) is 4.51. The highest BCUT2D eigenvalue weighted by atomic mass is 16.3. The molecule has 0 radical (unpaired) electrons. The summed E-state index contributed by atoms with van der Waals surface area (Å²) in [5.74, 6) is 1.01. The summed E-state index contributed by atoms with van der Waals surface area (Å²) in [4.78, 5) is 24.6. The summed E-state index contributed by atoms with van der Waals surface area (Å²) >= 11 is 0. The third kappa shape index (κ3) is 2.94. The van der Waals surface area contributed by atoms with Gasteiger partial charge < -0.3 is 9.32 Å². The lowest BCUT2D eigenvalue weighted by Crippen LogP contribution is -2.48. The largest absolute Gasteiger partial charge is 0.464 e. The fourth-order valence-electron chi connectivity index (χ4n) is 5.56. The Hall–Kier alpha value is -2.69. The second kappa shape index (κ2) is 6.93. The number of hydrogen-bond acceptors (Lipinski definition) is 4. The summed E-state index contributed by atoms with van der Waals surface area (Å²) < 4.78 is 5.89. The van der Waals surface area contributed by atoms with Crippen molar-refractivity contribution < 1.29 is 9.21 Å². The molecule has 5 rings (SSSR count). The van der Waals surface area contributed by atoms with E-state index in [9.17, 15) is 4.79 Å². The van der Waals surface area contributed by atoms with E-state index in [1.165, 1.54) is 22.4 Å². The fourth-order valence-corrected chi connectivity index (χ4v) is 5.56. The number of rotatable bonds is 2. The van der Waals surface area contributed by atoms with Crippen LogP contribution in [0.5, 0.6) is 0 Å². The Kier molecular flexibility index (Phi) is 4.46. The number of fused-ring (bicyclic) bond motifs is 3. The minimum atomic E-state index is -0.000968. The van der Waals surface area contributed by atoms with E-state index in [1.54, 1.807) is 6.26 Å². The van der Waals surface area contributed by atoms with Crippen molar-refractivity contribution in [3.63, 3.8) is 0 Å². The van der Waals surface area contributed by atoms with Gasteiger partial charge in [-0.2, -0.15) is 0 Å². The minimum Gasteiger partial charge on any atom is -0.464 e. The first-order valence-corrected chi connectivity index (χ1v) is 11.0. The van der Waals surface area contributed by atoms with E-state index >= 15 is 0 Å². The molecule has 30 heavy (non-hydrogen) atoms. The summed E-state index contributed by atoms with van der Waals surface area (Å²) in [5.41, 5.74) is 7.92. The standard InChI is InChI=1S/C25H29N3O2/c1-15-10-16(2)22-20(13-30-23(22)17(15)3)11-21(29)28-9-5-7-25(14-28)8-6-19-12-26-18(4)27-24(19)25/h10,12-13H,5-9,11,14H2,1-4H3. The van der Waals surface area contributed by atoms with Gasteiger partial charge >= 0.3 is 0 Å². The van der Waals surface area contributed by atoms with Crippen LogP contribution in [0, 0.1) is 27.7 Å². The van der Waals surface area contributed by atoms with Gasteiger partial charge in [-0.1, -0.05) is 6.07 Å². The lowest BCUT2D eigenvalue weighted by atomic mass is 9.77. The van der Waals surface area contributed by atoms with Gasteiger partial charge in [-0.3, -0.25) is 4.79 Å². The number of aryl methyl sites for hydroxylation is 5. The van der Waals surface area contributed by atoms with Gasteiger partial charge in [-0.05, 0) is 75.6 Å². The molecule has 0 saturated carbocycles. The van der Waals surface area contributed by atoms with Crippen molar-refractivity contribution in [2.75, 3.05) is 13.1 Å². The lowest BCUT2D eigenvalue weighted by molar-refractivity contribution is -0.132. The molecule has 3 aromatic rings. The predicted molar refractivity (Wildman–Crippen MR) is 117 cm³/mol. The van der Waals surface area contributed by atoms with Gasteiger partial charge in [-0.15, -0.1) is 0 Å². The molecule has 1 unspecified atom stereocenters. The summed E-state index contributed by atoms with van der Waals surface area (Å²) in [7, 11) is 0. The normalized spacial score (nSPS) is 20.9. The number of likely N-dealkylation sites (tertiary alicyclic amines) is 1. The lowest BCUT2D eigenvalue weighted by Gasteiger charge is -2.40. The highest BCUT2D eigenvalue weighted by molar-refractivity contribution is 5.92. The first-order valence-electron chi connectivity index (χ1n) is 11.0. The van der Waals surface area contributed by atoms with Crippen molar-refractivity contribution >= 4 is 16.9 Å². The molecule has 1 aliphatic carbocycles. The van der Waals surface area contributed by atoms with E-state index in [0.717, 1.165) is 66.7 Å². The van der Waals surface area contributed by atoms with Crippen molar-refractivity contribution in [2.24, 2.45) is 0 Å². The van der Waals surface area contributed by atoms with E-state index in [4.69, 9.17) is 9.40 Å². The molecule has 1 saturated heterocycles. The molecule has 156 valence electrons. The van der Waals surface area contributed by atoms with Crippen LogP contribution in [0.3, 0.4) is 0 Å². The molecule has 1 spiro atoms. The van der Waals surface area contributed by atoms with E-state index < -0.39 is 0 Å². The van der Waals surface area contributed by atoms with Crippen LogP contribution in [-0.4, -0.2) is 33.9 Å². The summed E-state index contributed by atoms with van der Waals surface area (Å²) in [6, 6.07) is 2.19. The maximum Gasteiger partial charge on any atom is 0.227 e. The van der Waals surface area contributed by atoms with Crippen molar-refractivity contribution in [2.45, 2.75) is 65.2 Å². The Morgan fingerprint density at radius 3 is 2.87 bits per heavy atom. The number of carbonyl (C=O) groups excluding carboxylic acids is 1. The Labute approximate surface area is 177 Å². The summed E-state index contributed by atoms with van der Waals surface area (Å²) in [5, 5.41) is 1.10. The second-order valence-corrected chi connectivity index (χ2v) is 9.27. The van der Waals surface area contributed by atoms with E-state index in [-0.39, 0.29) is 11.3 Å². The Morgan fingerprint density at radius 1 is 1.20 bits per heavy atom. The number of benzene rings is 1. The van der Waals surface area contributed by atoms with Gasteiger partial charge in [0.05, 0.1) is 18.4 Å². The fraction of sp³-hybridized carbons (Fsp3) is 0.480. The molecule has 1 amide bonds. The molecule has 0 N–H and O–H groups in total. The van der Waals surface area contributed by atoms with Gasteiger partial charge in [-0.25, -0.2) is 9.97 Å². The van der Waals surface area contributed by atoms with Crippen molar-refractivity contribution in [3.05, 3.63) is 57.9 Å². The van der Waals surface area contributed by atoms with Crippen LogP contribution in [-0.2, 0) is 23.1 Å². The van der Waals surface area contributed by atoms with Crippen LogP contribution in [0.25, 0.3) is 11.0 Å². The number of piperidine rings is 1. The molecule has 1 atom stereocenters. The molecule has 5 heteroatoms. The summed E-state index contributed by atoms with van der Waals surface area (Å²) in [6.07, 6.45) is 8.37. The number of furan rings is 1. The highest BCUT2D eigenvalue weighted by Gasteiger charge is 2.44. The highest BCUT2D eigenvalue weighted by Crippen LogP contribution is 2.44. The van der Waals surface area contributed by atoms with Crippen molar-refractivity contribution in [3.8, 4) is 0 Å². The molecule has 2 aromatic heterocycles. The zero-order chi connectivity index (χ0) is 21.0. The van der Waals surface area contributed by atoms with Gasteiger partial charge in [0.25, 0.3) is 0 Å². The van der Waals surface area contributed by atoms with E-state index in [1.807, 2.05) is 13.1 Å². The minimum absolute atomic E-state index is 0.000968. The Bertz CT molecular complexity index is 1160. The van der Waals surface area contributed by atoms with Gasteiger partial charge in [0.15, 0.2) is 0 Å². The average Bonchev–Trinajstić information content (AvgIpc) is 3.29. The summed E-state index contributed by atoms with van der Waals surface area (Å²) in [6.45, 7) is 9.84. The molecule has 0 bridgehead atoms. The molecule has 1 aliphatic heterocycles. The number of carbonyl (C=O) groups is 1. The third-order valence-corrected chi connectivity index (χ3v) is 7.26. The maximum absolute atomic E-state index is 13.3. The van der Waals surface area contributed by atoms with Crippen molar-refractivity contribution in [1.82, 2.24) is 14.9 Å². The van der Waals surface area contributed by atoms with E-state index in [0.29, 0.717) is 6.42 Å². The zero-order valence-corrected chi connectivity index (χ0v) is 18.3. The molecule has 1 aromatic carbocycles. The molecular formula is C25H29N3O2. The van der Waals surface area contributed by atoms with Crippen LogP contribution in [0.2, 0.25) is 0 Å². The maximum atomic E-state index is 13.3. The van der Waals surface area contributed by atoms with Gasteiger partial charge in [0.2, 0.25) is 5.91 Å². The SMILES string of the molecule is Cc1ncc2c(n1)C1(CCCN(C(=O)Cc3coc4c(C)c(C)cc(C)c34)C1)CC2.